The molecule has 0 radical (unpaired) electrons. The fourth-order valence-corrected chi connectivity index (χ4v) is 10.7. The number of nitrogens with one attached hydrogen (secondary N) is 3. The molecule has 21 nitrogen and oxygen atoms in total. The van der Waals surface area contributed by atoms with Gasteiger partial charge in [0.15, 0.2) is 34.9 Å². The molecular weight excluding hydrogens is 1240 g/mol. The average molecular weight is 1300 g/mol. The molecule has 0 saturated carbocycles. The quantitative estimate of drug-likeness (QED) is 0.0529. The zero-order valence-corrected chi connectivity index (χ0v) is 55.2. The Balaban J connectivity index is 0.000000146. The van der Waals surface area contributed by atoms with Crippen LogP contribution >= 0.6 is 0 Å². The van der Waals surface area contributed by atoms with Gasteiger partial charge in [0.2, 0.25) is 0 Å². The number of anilines is 3. The molecule has 0 unspecified atom stereocenters. The third-order valence-electron chi connectivity index (χ3n) is 15.3. The summed E-state index contributed by atoms with van der Waals surface area (Å²) in [7, 11) is 0. The van der Waals surface area contributed by atoms with E-state index >= 15 is 0 Å². The number of aromatic carboxylic acids is 2. The fraction of sp³-hybridized carbons (Fsp3) is 0.0400. The predicted molar refractivity (Wildman–Crippen MR) is 367 cm³/mol. The molecule has 0 fully saturated rings. The van der Waals surface area contributed by atoms with Crippen LogP contribution in [0, 0.1) is 11.3 Å². The molecule has 0 aliphatic carbocycles. The number of hydrogen-bond donors (Lipinski definition) is 5. The molecule has 6 aromatic carbocycles. The number of nitriles is 1. The van der Waals surface area contributed by atoms with Crippen LogP contribution < -0.4 is 67.3 Å². The minimum atomic E-state index is -1.05. The van der Waals surface area contributed by atoms with E-state index in [-0.39, 0.29) is 68.0 Å². The van der Waals surface area contributed by atoms with E-state index in [4.69, 9.17) is 20.1 Å². The molecule has 6 N–H and O–H groups in total. The van der Waals surface area contributed by atoms with Gasteiger partial charge < -0.3 is 31.6 Å². The number of benzene rings is 6. The standard InChI is InChI=1S/C25H18N6.2C25H19N5O2.K.H2O/c26-14-19-13-21(17-27-15-19)24-29-25(28-16-18-7-3-1-4-8-18)23-22(11-12-31(23)30-24)20-9-5-2-6-10-20;2*31-25(32)20-13-19(15-26-16-20)23-28-24(27-14-17-7-3-1-4-8-17)22-21(11-12-30(22)29-23)18-9-5-2-6-10-18;;/h1-13,15,17H,16H2,(H,28,29,30);2*1-13,15-16H,14H2,(H,31,32)(H,27,28,29);;1H2/q;;;+1;/p-1. The van der Waals surface area contributed by atoms with E-state index in [9.17, 15) is 25.1 Å². The predicted octanol–water partition coefficient (Wildman–Crippen LogP) is 11.3. The van der Waals surface area contributed by atoms with Gasteiger partial charge in [-0.3, -0.25) is 15.0 Å². The summed E-state index contributed by atoms with van der Waals surface area (Å²) in [5.41, 5.74) is 14.6. The summed E-state index contributed by atoms with van der Waals surface area (Å²) in [4.78, 5) is 49.4. The molecule has 0 atom stereocenters. The molecule has 468 valence electrons. The summed E-state index contributed by atoms with van der Waals surface area (Å²) in [6, 6.07) is 73.6. The maximum Gasteiger partial charge on any atom is 1.00 e. The Bertz CT molecular complexity index is 5020. The molecule has 0 aliphatic rings. The van der Waals surface area contributed by atoms with E-state index < -0.39 is 11.9 Å². The number of rotatable bonds is 17. The topological polar surface area (TPSA) is 294 Å². The van der Waals surface area contributed by atoms with E-state index in [1.807, 2.05) is 199 Å². The number of hydrogen-bond acceptors (Lipinski definition) is 16. The average Bonchev–Trinajstić information content (AvgIpc) is 1.70. The third kappa shape index (κ3) is 15.7. The van der Waals surface area contributed by atoms with Gasteiger partial charge in [0.1, 0.15) is 22.6 Å². The Kier molecular flexibility index (Phi) is 21.5. The zero-order chi connectivity index (χ0) is 64.9. The second kappa shape index (κ2) is 31.3. The van der Waals surface area contributed by atoms with Crippen molar-refractivity contribution >= 4 is 45.9 Å². The Morgan fingerprint density at radius 2 is 0.670 bits per heavy atom. The fourth-order valence-electron chi connectivity index (χ4n) is 10.7. The summed E-state index contributed by atoms with van der Waals surface area (Å²) in [6.07, 6.45) is 14.6. The molecule has 9 aromatic heterocycles. The molecule has 9 heterocycles. The van der Waals surface area contributed by atoms with E-state index in [2.05, 4.69) is 71.4 Å². The van der Waals surface area contributed by atoms with E-state index in [1.165, 1.54) is 30.7 Å². The van der Waals surface area contributed by atoms with Crippen LogP contribution in [-0.4, -0.2) is 86.4 Å². The molecule has 97 heavy (non-hydrogen) atoms. The van der Waals surface area contributed by atoms with Crippen LogP contribution in [0.15, 0.2) is 274 Å². The maximum absolute atomic E-state index is 11.4. The van der Waals surface area contributed by atoms with Crippen molar-refractivity contribution in [3.8, 4) is 73.6 Å². The van der Waals surface area contributed by atoms with Crippen LogP contribution in [0.25, 0.3) is 84.1 Å². The molecule has 0 aliphatic heterocycles. The van der Waals surface area contributed by atoms with Gasteiger partial charge in [0.25, 0.3) is 0 Å². The first-order valence-corrected chi connectivity index (χ1v) is 30.1. The summed E-state index contributed by atoms with van der Waals surface area (Å²) < 4.78 is 5.37. The molecule has 22 heteroatoms. The molecule has 0 saturated heterocycles. The van der Waals surface area contributed by atoms with Gasteiger partial charge >= 0.3 is 63.3 Å². The number of aromatic nitrogens is 12. The first kappa shape index (κ1) is 66.5. The van der Waals surface area contributed by atoms with Gasteiger partial charge in [-0.2, -0.15) is 5.26 Å². The Hall–Kier alpha value is -11.9. The monoisotopic (exact) mass is 1300 g/mol. The van der Waals surface area contributed by atoms with E-state index in [0.29, 0.717) is 71.0 Å². The van der Waals surface area contributed by atoms with Crippen molar-refractivity contribution in [3.63, 3.8) is 0 Å². The Morgan fingerprint density at radius 3 is 0.969 bits per heavy atom. The van der Waals surface area contributed by atoms with Crippen LogP contribution in [0.3, 0.4) is 0 Å². The molecule has 15 aromatic rings. The SMILES string of the molecule is N#Cc1cncc(-c2nc(NCc3ccccc3)c3c(-c4ccccc4)ccn3n2)c1.O=C(O)c1cncc(-c2nc(NCc3ccccc3)c3c(-c4ccccc4)ccn3n2)c1.O=C(O)c1cncc(-c2nc(NCc3ccccc3)c3c(-c4ccccc4)ccn3n2)c1.[K+].[OH-]. The van der Waals surface area contributed by atoms with Crippen molar-refractivity contribution < 1.29 is 76.7 Å². The number of pyridine rings is 3. The van der Waals surface area contributed by atoms with Gasteiger partial charge in [-0.15, -0.1) is 15.3 Å². The number of fused-ring (bicyclic) bond motifs is 3. The van der Waals surface area contributed by atoms with Crippen molar-refractivity contribution in [1.29, 1.82) is 5.26 Å². The van der Waals surface area contributed by atoms with Gasteiger partial charge in [-0.05, 0) is 69.8 Å². The minimum absolute atomic E-state index is 0. The Morgan fingerprint density at radius 1 is 0.381 bits per heavy atom. The van der Waals surface area contributed by atoms with Crippen LogP contribution in [0.4, 0.5) is 17.5 Å². The third-order valence-corrected chi connectivity index (χ3v) is 15.3. The van der Waals surface area contributed by atoms with Crippen LogP contribution in [0.2, 0.25) is 0 Å². The minimum Gasteiger partial charge on any atom is -0.870 e. The molecule has 0 spiro atoms. The maximum atomic E-state index is 11.4. The smallest absolute Gasteiger partial charge is 0.870 e. The molecule has 0 bridgehead atoms. The van der Waals surface area contributed by atoms with Crippen LogP contribution in [0.1, 0.15) is 43.0 Å². The first-order chi connectivity index (χ1) is 46.7. The van der Waals surface area contributed by atoms with Crippen molar-refractivity contribution in [2.24, 2.45) is 0 Å². The zero-order valence-electron chi connectivity index (χ0n) is 52.1. The van der Waals surface area contributed by atoms with E-state index in [1.54, 1.807) is 33.7 Å². The Labute approximate surface area is 598 Å². The second-order valence-electron chi connectivity index (χ2n) is 21.6. The van der Waals surface area contributed by atoms with E-state index in [0.717, 1.165) is 72.4 Å². The van der Waals surface area contributed by atoms with Gasteiger partial charge in [0, 0.05) is 109 Å². The first-order valence-electron chi connectivity index (χ1n) is 30.1. The summed E-state index contributed by atoms with van der Waals surface area (Å²) in [5, 5.41) is 52.2. The number of carboxylic acids is 2. The van der Waals surface area contributed by atoms with Crippen molar-refractivity contribution in [1.82, 2.24) is 58.7 Å². The van der Waals surface area contributed by atoms with Gasteiger partial charge in [-0.1, -0.05) is 182 Å². The number of nitrogens with zero attached hydrogens (tertiary/aromatic N) is 13. The van der Waals surface area contributed by atoms with Crippen LogP contribution in [0.5, 0.6) is 0 Å². The van der Waals surface area contributed by atoms with Crippen molar-refractivity contribution in [3.05, 3.63) is 308 Å². The van der Waals surface area contributed by atoms with Gasteiger partial charge in [-0.25, -0.2) is 38.1 Å². The van der Waals surface area contributed by atoms with Crippen molar-refractivity contribution in [2.75, 3.05) is 16.0 Å². The number of carboxylic acid groups (broad SMARTS) is 2. The van der Waals surface area contributed by atoms with Crippen molar-refractivity contribution in [2.45, 2.75) is 19.6 Å². The van der Waals surface area contributed by atoms with Crippen LogP contribution in [-0.2, 0) is 19.6 Å². The largest absolute Gasteiger partial charge is 1.00 e. The number of carbonyl (C=O) groups is 2. The summed E-state index contributed by atoms with van der Waals surface area (Å²) in [6.45, 7) is 1.79. The normalized spacial score (nSPS) is 10.6. The second-order valence-corrected chi connectivity index (χ2v) is 21.6. The molecular formula is C75H57KN16O5. The molecule has 0 amide bonds. The summed E-state index contributed by atoms with van der Waals surface area (Å²) in [5.74, 6) is 1.22. The summed E-state index contributed by atoms with van der Waals surface area (Å²) >= 11 is 0. The van der Waals surface area contributed by atoms with Gasteiger partial charge in [0.05, 0.1) is 16.7 Å². The molecule has 15 rings (SSSR count).